The zero-order valence-electron chi connectivity index (χ0n) is 14.6. The Balaban J connectivity index is 2.30. The van der Waals surface area contributed by atoms with Crippen LogP contribution in [0.2, 0.25) is 0 Å². The number of nitrogen functional groups attached to an aromatic ring is 1. The first-order valence-electron chi connectivity index (χ1n) is 7.88. The maximum Gasteiger partial charge on any atom is 0.416 e. The van der Waals surface area contributed by atoms with Crippen molar-refractivity contribution in [3.63, 3.8) is 0 Å². The number of alkyl halides is 3. The molecule has 0 saturated heterocycles. The van der Waals surface area contributed by atoms with Crippen LogP contribution in [0, 0.1) is 11.3 Å². The fraction of sp³-hybridized carbons (Fsp3) is 0.105. The summed E-state index contributed by atoms with van der Waals surface area (Å²) in [4.78, 5) is 25.3. The third kappa shape index (κ3) is 4.88. The molecule has 2 rings (SSSR count). The number of amides is 2. The third-order valence-corrected chi connectivity index (χ3v) is 3.59. The van der Waals surface area contributed by atoms with Crippen LogP contribution < -0.4 is 16.0 Å². The van der Waals surface area contributed by atoms with Gasteiger partial charge in [-0.1, -0.05) is 6.07 Å². The summed E-state index contributed by atoms with van der Waals surface area (Å²) in [6, 6.07) is 11.7. The molecule has 0 spiro atoms. The molecule has 0 bridgehead atoms. The van der Waals surface area contributed by atoms with Gasteiger partial charge in [0.15, 0.2) is 0 Å². The lowest BCUT2D eigenvalue weighted by atomic mass is 10.2. The number of nitrogens with one attached hydrogen (secondary N) is 1. The van der Waals surface area contributed by atoms with Crippen LogP contribution in [-0.2, 0) is 15.8 Å². The van der Waals surface area contributed by atoms with E-state index in [1.165, 1.54) is 36.4 Å². The van der Waals surface area contributed by atoms with E-state index in [0.717, 1.165) is 30.2 Å². The summed E-state index contributed by atoms with van der Waals surface area (Å²) in [6.45, 7) is 1.14. The molecule has 0 aliphatic carbocycles. The maximum absolute atomic E-state index is 12.8. The van der Waals surface area contributed by atoms with Crippen LogP contribution in [-0.4, -0.2) is 11.8 Å². The Morgan fingerprint density at radius 1 is 1.18 bits per heavy atom. The van der Waals surface area contributed by atoms with Gasteiger partial charge in [0.2, 0.25) is 5.91 Å². The number of hydrogen-bond donors (Lipinski definition) is 2. The normalized spacial score (nSPS) is 11.5. The number of anilines is 3. The number of hydrogen-bond acceptors (Lipinski definition) is 5. The maximum atomic E-state index is 12.8. The van der Waals surface area contributed by atoms with Gasteiger partial charge in [0.05, 0.1) is 11.3 Å². The first-order valence-corrected chi connectivity index (χ1v) is 7.88. The number of nitrogens with zero attached hydrogens (tertiary/aromatic N) is 2. The Kier molecular flexibility index (Phi) is 6.05. The molecule has 3 N–H and O–H groups in total. The molecule has 28 heavy (non-hydrogen) atoms. The Hall–Kier alpha value is -3.80. The summed E-state index contributed by atoms with van der Waals surface area (Å²) in [6.07, 6.45) is -3.58. The Bertz CT molecular complexity index is 960. The molecule has 0 heterocycles. The van der Waals surface area contributed by atoms with Gasteiger partial charge in [0.1, 0.15) is 11.6 Å². The largest absolute Gasteiger partial charge is 0.416 e. The van der Waals surface area contributed by atoms with Crippen LogP contribution in [0.4, 0.5) is 30.2 Å². The van der Waals surface area contributed by atoms with Crippen LogP contribution in [0.25, 0.3) is 0 Å². The van der Waals surface area contributed by atoms with E-state index in [1.807, 2.05) is 0 Å². The molecule has 6 nitrogen and oxygen atoms in total. The third-order valence-electron chi connectivity index (χ3n) is 3.59. The predicted octanol–water partition coefficient (Wildman–Crippen LogP) is 3.69. The fourth-order valence-corrected chi connectivity index (χ4v) is 2.27. The van der Waals surface area contributed by atoms with Gasteiger partial charge in [-0.05, 0) is 42.5 Å². The minimum absolute atomic E-state index is 0.0252. The van der Waals surface area contributed by atoms with Crippen molar-refractivity contribution in [2.75, 3.05) is 16.0 Å². The van der Waals surface area contributed by atoms with Crippen molar-refractivity contribution < 1.29 is 22.8 Å². The van der Waals surface area contributed by atoms with Crippen molar-refractivity contribution in [1.29, 1.82) is 5.26 Å². The van der Waals surface area contributed by atoms with Gasteiger partial charge in [0, 0.05) is 24.5 Å². The number of carbonyl (C=O) groups is 2. The summed E-state index contributed by atoms with van der Waals surface area (Å²) >= 11 is 0. The summed E-state index contributed by atoms with van der Waals surface area (Å²) in [5.74, 6) is -1.57. The summed E-state index contributed by atoms with van der Waals surface area (Å²) in [5, 5.41) is 11.7. The van der Waals surface area contributed by atoms with E-state index in [2.05, 4.69) is 5.32 Å². The van der Waals surface area contributed by atoms with Crippen molar-refractivity contribution in [1.82, 2.24) is 0 Å². The molecule has 0 aliphatic heterocycles. The lowest BCUT2D eigenvalue weighted by Crippen LogP contribution is -2.36. The summed E-state index contributed by atoms with van der Waals surface area (Å²) < 4.78 is 38.3. The molecule has 9 heteroatoms. The Labute approximate surface area is 158 Å². The van der Waals surface area contributed by atoms with E-state index in [-0.39, 0.29) is 11.4 Å². The van der Waals surface area contributed by atoms with Crippen molar-refractivity contribution in [3.8, 4) is 6.07 Å². The highest BCUT2D eigenvalue weighted by Crippen LogP contribution is 2.30. The average Bonchev–Trinajstić information content (AvgIpc) is 2.63. The van der Waals surface area contributed by atoms with E-state index in [1.54, 1.807) is 6.07 Å². The number of carbonyl (C=O) groups excluding carboxylic acids is 2. The Morgan fingerprint density at radius 3 is 2.36 bits per heavy atom. The zero-order valence-corrected chi connectivity index (χ0v) is 14.6. The molecule has 2 aromatic carbocycles. The topological polar surface area (TPSA) is 99.2 Å². The van der Waals surface area contributed by atoms with E-state index < -0.39 is 29.1 Å². The minimum Gasteiger partial charge on any atom is -0.399 e. The van der Waals surface area contributed by atoms with Crippen molar-refractivity contribution >= 4 is 28.9 Å². The molecule has 0 saturated carbocycles. The van der Waals surface area contributed by atoms with Crippen molar-refractivity contribution in [2.24, 2.45) is 0 Å². The molecule has 2 amide bonds. The second-order valence-corrected chi connectivity index (χ2v) is 5.64. The van der Waals surface area contributed by atoms with Crippen LogP contribution in [0.15, 0.2) is 60.3 Å². The summed E-state index contributed by atoms with van der Waals surface area (Å²) in [5.41, 5.74) is 4.87. The first-order chi connectivity index (χ1) is 13.1. The standard InChI is InChI=1S/C19H15F3N4O2/c1-12(27)26(17-7-5-15(24)6-8-17)18(28)13(10-23)11-25-16-4-2-3-14(9-16)19(20,21)22/h2-9,11,25H,24H2,1H3/b13-11-. The van der Waals surface area contributed by atoms with E-state index in [4.69, 9.17) is 5.73 Å². The molecule has 0 unspecified atom stereocenters. The predicted molar refractivity (Wildman–Crippen MR) is 97.8 cm³/mol. The fourth-order valence-electron chi connectivity index (χ4n) is 2.27. The SMILES string of the molecule is CC(=O)N(C(=O)/C(C#N)=C\Nc1cccc(C(F)(F)F)c1)c1ccc(N)cc1. The van der Waals surface area contributed by atoms with Gasteiger partial charge < -0.3 is 11.1 Å². The lowest BCUT2D eigenvalue weighted by molar-refractivity contribution is -0.137. The molecular formula is C19H15F3N4O2. The molecule has 144 valence electrons. The monoisotopic (exact) mass is 388 g/mol. The van der Waals surface area contributed by atoms with Crippen LogP contribution >= 0.6 is 0 Å². The smallest absolute Gasteiger partial charge is 0.399 e. The number of benzene rings is 2. The van der Waals surface area contributed by atoms with Gasteiger partial charge in [-0.25, -0.2) is 4.90 Å². The van der Waals surface area contributed by atoms with Gasteiger partial charge >= 0.3 is 6.18 Å². The van der Waals surface area contributed by atoms with E-state index in [9.17, 15) is 28.0 Å². The first kappa shape index (κ1) is 20.5. The van der Waals surface area contributed by atoms with Gasteiger partial charge in [-0.15, -0.1) is 0 Å². The van der Waals surface area contributed by atoms with Gasteiger partial charge in [-0.2, -0.15) is 18.4 Å². The highest BCUT2D eigenvalue weighted by molar-refractivity contribution is 6.21. The number of imide groups is 1. The number of nitrogens with two attached hydrogens (primary N) is 1. The molecule has 2 aromatic rings. The second-order valence-electron chi connectivity index (χ2n) is 5.64. The van der Waals surface area contributed by atoms with Gasteiger partial charge in [-0.3, -0.25) is 9.59 Å². The second kappa shape index (κ2) is 8.26. The molecule has 0 aromatic heterocycles. The average molecular weight is 388 g/mol. The lowest BCUT2D eigenvalue weighted by Gasteiger charge is -2.19. The number of halogens is 3. The molecule has 0 radical (unpaired) electrons. The quantitative estimate of drug-likeness (QED) is 0.473. The van der Waals surface area contributed by atoms with Gasteiger partial charge in [0.25, 0.3) is 5.91 Å². The van der Waals surface area contributed by atoms with E-state index >= 15 is 0 Å². The summed E-state index contributed by atoms with van der Waals surface area (Å²) in [7, 11) is 0. The van der Waals surface area contributed by atoms with Crippen LogP contribution in [0.5, 0.6) is 0 Å². The van der Waals surface area contributed by atoms with Crippen molar-refractivity contribution in [3.05, 3.63) is 65.9 Å². The molecule has 0 aliphatic rings. The molecular weight excluding hydrogens is 373 g/mol. The highest BCUT2D eigenvalue weighted by atomic mass is 19.4. The van der Waals surface area contributed by atoms with Crippen LogP contribution in [0.1, 0.15) is 12.5 Å². The molecule has 0 fully saturated rings. The number of rotatable bonds is 4. The number of nitriles is 1. The van der Waals surface area contributed by atoms with Crippen LogP contribution in [0.3, 0.4) is 0 Å². The van der Waals surface area contributed by atoms with Crippen molar-refractivity contribution in [2.45, 2.75) is 13.1 Å². The highest BCUT2D eigenvalue weighted by Gasteiger charge is 2.30. The zero-order chi connectivity index (χ0) is 20.9. The van der Waals surface area contributed by atoms with E-state index in [0.29, 0.717) is 5.69 Å². The minimum atomic E-state index is -4.53. The Morgan fingerprint density at radius 2 is 1.82 bits per heavy atom. The molecule has 0 atom stereocenters.